The molecule has 0 amide bonds. The summed E-state index contributed by atoms with van der Waals surface area (Å²) in [6, 6.07) is 10.8. The topological polar surface area (TPSA) is 72.2 Å². The van der Waals surface area contributed by atoms with Crippen molar-refractivity contribution in [3.05, 3.63) is 65.1 Å². The first-order valence-corrected chi connectivity index (χ1v) is 9.64. The molecule has 0 saturated heterocycles. The Bertz CT molecular complexity index is 1060. The second kappa shape index (κ2) is 6.92. The van der Waals surface area contributed by atoms with Crippen LogP contribution in [0.1, 0.15) is 23.7 Å². The second-order valence-corrected chi connectivity index (χ2v) is 7.72. The van der Waals surface area contributed by atoms with Crippen molar-refractivity contribution in [2.24, 2.45) is 0 Å². The van der Waals surface area contributed by atoms with Gasteiger partial charge in [0.1, 0.15) is 5.82 Å². The van der Waals surface area contributed by atoms with Crippen LogP contribution in [0.25, 0.3) is 11.3 Å². The first-order valence-electron chi connectivity index (χ1n) is 8.15. The molecule has 0 aliphatic heterocycles. The van der Waals surface area contributed by atoms with Crippen LogP contribution in [-0.2, 0) is 16.4 Å². The molecule has 26 heavy (non-hydrogen) atoms. The van der Waals surface area contributed by atoms with Gasteiger partial charge < -0.3 is 4.52 Å². The summed E-state index contributed by atoms with van der Waals surface area (Å²) in [5.41, 5.74) is 2.86. The number of nitrogens with one attached hydrogen (secondary N) is 1. The van der Waals surface area contributed by atoms with Gasteiger partial charge in [-0.2, -0.15) is 0 Å². The average molecular weight is 374 g/mol. The molecule has 0 aliphatic rings. The van der Waals surface area contributed by atoms with Crippen molar-refractivity contribution in [3.63, 3.8) is 0 Å². The van der Waals surface area contributed by atoms with Gasteiger partial charge >= 0.3 is 0 Å². The molecule has 3 aromatic rings. The standard InChI is InChI=1S/C19H19FN2O3S/c1-4-14-5-6-15(18-10-13(3)21-25-18)11-19(14)26(23,24)22-17-8-7-16(20)9-12(17)2/h5-11,22H,4H2,1-3H3. The predicted octanol–water partition coefficient (Wildman–Crippen LogP) is 4.46. The van der Waals surface area contributed by atoms with E-state index < -0.39 is 15.8 Å². The van der Waals surface area contributed by atoms with Crippen molar-refractivity contribution in [2.75, 3.05) is 4.72 Å². The summed E-state index contributed by atoms with van der Waals surface area (Å²) < 4.78 is 47.0. The van der Waals surface area contributed by atoms with Crippen LogP contribution in [0, 0.1) is 19.7 Å². The number of anilines is 1. The van der Waals surface area contributed by atoms with Crippen molar-refractivity contribution in [2.45, 2.75) is 32.1 Å². The number of nitrogens with zero attached hydrogens (tertiary/aromatic N) is 1. The molecule has 0 saturated carbocycles. The van der Waals surface area contributed by atoms with Gasteiger partial charge in [0.05, 0.1) is 16.3 Å². The number of sulfonamides is 1. The van der Waals surface area contributed by atoms with Crippen molar-refractivity contribution in [1.82, 2.24) is 5.16 Å². The van der Waals surface area contributed by atoms with Crippen LogP contribution >= 0.6 is 0 Å². The number of rotatable bonds is 5. The molecule has 0 unspecified atom stereocenters. The molecule has 0 radical (unpaired) electrons. The number of hydrogen-bond acceptors (Lipinski definition) is 4. The predicted molar refractivity (Wildman–Crippen MR) is 98.0 cm³/mol. The number of aryl methyl sites for hydroxylation is 3. The highest BCUT2D eigenvalue weighted by molar-refractivity contribution is 7.92. The van der Waals surface area contributed by atoms with Gasteiger partial charge in [-0.15, -0.1) is 0 Å². The Morgan fingerprint density at radius 3 is 2.50 bits per heavy atom. The SMILES string of the molecule is CCc1ccc(-c2cc(C)no2)cc1S(=O)(=O)Nc1ccc(F)cc1C. The molecule has 136 valence electrons. The van der Waals surface area contributed by atoms with Gasteiger partial charge in [-0.05, 0) is 55.7 Å². The normalized spacial score (nSPS) is 11.5. The highest BCUT2D eigenvalue weighted by Gasteiger charge is 2.21. The summed E-state index contributed by atoms with van der Waals surface area (Å²) in [5.74, 6) is 0.0851. The van der Waals surface area contributed by atoms with E-state index in [0.717, 1.165) is 0 Å². The molecule has 1 N–H and O–H groups in total. The molecule has 7 heteroatoms. The molecule has 0 fully saturated rings. The number of benzene rings is 2. The fourth-order valence-electron chi connectivity index (χ4n) is 2.69. The third kappa shape index (κ3) is 3.62. The summed E-state index contributed by atoms with van der Waals surface area (Å²) in [6.45, 7) is 5.33. The number of aromatic nitrogens is 1. The summed E-state index contributed by atoms with van der Waals surface area (Å²) >= 11 is 0. The van der Waals surface area contributed by atoms with Crippen molar-refractivity contribution >= 4 is 15.7 Å². The monoisotopic (exact) mass is 374 g/mol. The van der Waals surface area contributed by atoms with E-state index in [1.165, 1.54) is 18.2 Å². The fraction of sp³-hybridized carbons (Fsp3) is 0.211. The van der Waals surface area contributed by atoms with Crippen LogP contribution in [0.4, 0.5) is 10.1 Å². The van der Waals surface area contributed by atoms with E-state index in [-0.39, 0.29) is 4.90 Å². The van der Waals surface area contributed by atoms with E-state index in [0.29, 0.717) is 40.3 Å². The molecule has 3 rings (SSSR count). The average Bonchev–Trinajstić information content (AvgIpc) is 3.03. The summed E-state index contributed by atoms with van der Waals surface area (Å²) in [5, 5.41) is 3.84. The van der Waals surface area contributed by atoms with E-state index in [1.54, 1.807) is 38.1 Å². The highest BCUT2D eigenvalue weighted by Crippen LogP contribution is 2.28. The van der Waals surface area contributed by atoms with E-state index in [4.69, 9.17) is 4.52 Å². The lowest BCUT2D eigenvalue weighted by Crippen LogP contribution is -2.16. The Balaban J connectivity index is 2.05. The Kier molecular flexibility index (Phi) is 4.82. The highest BCUT2D eigenvalue weighted by atomic mass is 32.2. The Hall–Kier alpha value is -2.67. The molecule has 0 aliphatic carbocycles. The molecule has 0 spiro atoms. The maximum absolute atomic E-state index is 13.3. The van der Waals surface area contributed by atoms with E-state index >= 15 is 0 Å². The second-order valence-electron chi connectivity index (χ2n) is 6.07. The van der Waals surface area contributed by atoms with Crippen LogP contribution in [0.15, 0.2) is 51.9 Å². The molecule has 2 aromatic carbocycles. The van der Waals surface area contributed by atoms with Crippen molar-refractivity contribution < 1.29 is 17.3 Å². The quantitative estimate of drug-likeness (QED) is 0.716. The van der Waals surface area contributed by atoms with E-state index in [2.05, 4.69) is 9.88 Å². The summed E-state index contributed by atoms with van der Waals surface area (Å²) in [7, 11) is -3.85. The van der Waals surface area contributed by atoms with Crippen LogP contribution in [0.5, 0.6) is 0 Å². The van der Waals surface area contributed by atoms with Gasteiger partial charge in [-0.25, -0.2) is 12.8 Å². The lowest BCUT2D eigenvalue weighted by Gasteiger charge is -2.14. The van der Waals surface area contributed by atoms with Gasteiger partial charge in [-0.1, -0.05) is 24.2 Å². The maximum atomic E-state index is 13.3. The third-order valence-corrected chi connectivity index (χ3v) is 5.53. The molecule has 1 heterocycles. The van der Waals surface area contributed by atoms with Crippen LogP contribution in [0.2, 0.25) is 0 Å². The Labute approximate surface area is 151 Å². The van der Waals surface area contributed by atoms with Gasteiger partial charge in [0.25, 0.3) is 10.0 Å². The van der Waals surface area contributed by atoms with Crippen LogP contribution < -0.4 is 4.72 Å². The van der Waals surface area contributed by atoms with Gasteiger partial charge in [0.2, 0.25) is 0 Å². The zero-order valence-corrected chi connectivity index (χ0v) is 15.5. The first kappa shape index (κ1) is 18.1. The zero-order chi connectivity index (χ0) is 18.9. The minimum Gasteiger partial charge on any atom is -0.356 e. The largest absolute Gasteiger partial charge is 0.356 e. The lowest BCUT2D eigenvalue weighted by molar-refractivity contribution is 0.427. The van der Waals surface area contributed by atoms with E-state index in [9.17, 15) is 12.8 Å². The minimum absolute atomic E-state index is 0.162. The van der Waals surface area contributed by atoms with E-state index in [1.807, 2.05) is 6.92 Å². The van der Waals surface area contributed by atoms with Gasteiger partial charge in [0, 0.05) is 11.6 Å². The molecule has 0 bridgehead atoms. The molecule has 5 nitrogen and oxygen atoms in total. The summed E-state index contributed by atoms with van der Waals surface area (Å²) in [6.07, 6.45) is 0.550. The van der Waals surface area contributed by atoms with Crippen molar-refractivity contribution in [3.8, 4) is 11.3 Å². The number of halogens is 1. The first-order chi connectivity index (χ1) is 12.3. The fourth-order valence-corrected chi connectivity index (χ4v) is 4.16. The summed E-state index contributed by atoms with van der Waals surface area (Å²) in [4.78, 5) is 0.162. The smallest absolute Gasteiger partial charge is 0.262 e. The Morgan fingerprint density at radius 1 is 1.12 bits per heavy atom. The zero-order valence-electron chi connectivity index (χ0n) is 14.7. The van der Waals surface area contributed by atoms with Crippen LogP contribution in [-0.4, -0.2) is 13.6 Å². The number of hydrogen-bond donors (Lipinski definition) is 1. The molecular weight excluding hydrogens is 355 g/mol. The molecular formula is C19H19FN2O3S. The maximum Gasteiger partial charge on any atom is 0.262 e. The Morgan fingerprint density at radius 2 is 1.88 bits per heavy atom. The minimum atomic E-state index is -3.85. The molecule has 0 atom stereocenters. The van der Waals surface area contributed by atoms with Crippen LogP contribution in [0.3, 0.4) is 0 Å². The van der Waals surface area contributed by atoms with Gasteiger partial charge in [-0.3, -0.25) is 4.72 Å². The third-order valence-electron chi connectivity index (χ3n) is 4.08. The van der Waals surface area contributed by atoms with Gasteiger partial charge in [0.15, 0.2) is 5.76 Å². The van der Waals surface area contributed by atoms with Crippen molar-refractivity contribution in [1.29, 1.82) is 0 Å². The lowest BCUT2D eigenvalue weighted by atomic mass is 10.1. The molecule has 1 aromatic heterocycles.